The van der Waals surface area contributed by atoms with Gasteiger partial charge in [0.2, 0.25) is 35.4 Å². The van der Waals surface area contributed by atoms with E-state index in [1.165, 1.54) is 13.8 Å². The molecule has 14 N–H and O–H groups in total. The van der Waals surface area contributed by atoms with Crippen LogP contribution in [0.15, 0.2) is 65.7 Å². The molecule has 6 amide bonds. The highest BCUT2D eigenvalue weighted by Gasteiger charge is 2.33. The molecule has 0 aliphatic heterocycles. The van der Waals surface area contributed by atoms with Crippen molar-refractivity contribution in [3.05, 3.63) is 71.8 Å². The van der Waals surface area contributed by atoms with Crippen molar-refractivity contribution in [1.82, 2.24) is 31.9 Å². The number of aliphatic hydroxyl groups is 1. The number of carboxylic acids is 1. The molecule has 19 nitrogen and oxygen atoms in total. The number of aliphatic imine (C=N–C) groups is 1. The van der Waals surface area contributed by atoms with Gasteiger partial charge in [0.05, 0.1) is 12.6 Å². The van der Waals surface area contributed by atoms with Crippen molar-refractivity contribution in [2.24, 2.45) is 28.1 Å². The normalized spacial score (nSPS) is 14.6. The van der Waals surface area contributed by atoms with Crippen LogP contribution < -0.4 is 49.1 Å². The van der Waals surface area contributed by atoms with E-state index >= 15 is 0 Å². The first-order valence-electron chi connectivity index (χ1n) is 18.5. The number of amides is 6. The van der Waals surface area contributed by atoms with Crippen LogP contribution in [0.5, 0.6) is 0 Å². The minimum Gasteiger partial charge on any atom is -0.480 e. The maximum atomic E-state index is 13.5. The van der Waals surface area contributed by atoms with E-state index in [2.05, 4.69) is 36.9 Å². The predicted molar refractivity (Wildman–Crippen MR) is 211 cm³/mol. The Labute approximate surface area is 331 Å². The first-order valence-corrected chi connectivity index (χ1v) is 18.5. The Kier molecular flexibility index (Phi) is 19.6. The van der Waals surface area contributed by atoms with Gasteiger partial charge in [0.1, 0.15) is 36.3 Å². The molecule has 2 rings (SSSR count). The molecule has 7 atom stereocenters. The summed E-state index contributed by atoms with van der Waals surface area (Å²) in [6.07, 6.45) is 0.504. The Morgan fingerprint density at radius 2 is 1.09 bits per heavy atom. The number of carbonyl (C=O) groups is 7. The largest absolute Gasteiger partial charge is 0.480 e. The van der Waals surface area contributed by atoms with Crippen molar-refractivity contribution in [1.29, 1.82) is 0 Å². The maximum absolute atomic E-state index is 13.5. The molecule has 19 heteroatoms. The number of hydrogen-bond acceptors (Lipinski definition) is 10. The SMILES string of the molecule is CC(C)[C@H](NC(=O)[C@H](C)NC(=O)[C@H](C)NC(=O)[C@H](Cc1ccccc1)NC(=O)[C@@H](N)Cc1ccccc1)C(=O)N[C@@H](CCCN=C(N)N)C(=O)N[C@@H](CO)C(=O)O. The average molecular weight is 797 g/mol. The van der Waals surface area contributed by atoms with E-state index in [0.29, 0.717) is 0 Å². The Hall–Kier alpha value is -6.08. The van der Waals surface area contributed by atoms with E-state index in [0.717, 1.165) is 11.1 Å². The second kappa shape index (κ2) is 23.8. The third-order valence-corrected chi connectivity index (χ3v) is 8.68. The van der Waals surface area contributed by atoms with Crippen LogP contribution >= 0.6 is 0 Å². The van der Waals surface area contributed by atoms with Gasteiger partial charge < -0.3 is 59.3 Å². The van der Waals surface area contributed by atoms with Crippen molar-refractivity contribution in [3.8, 4) is 0 Å². The summed E-state index contributed by atoms with van der Waals surface area (Å²) in [5.41, 5.74) is 18.4. The van der Waals surface area contributed by atoms with E-state index in [1.807, 2.05) is 30.3 Å². The standard InChI is InChI=1S/C38H56N10O9/c1-21(2)30(36(55)45-27(16-11-17-42-38(40)41)34(53)47-29(20-49)37(56)57)48-32(51)23(4)43-31(50)22(3)44-35(54)28(19-25-14-9-6-10-15-25)46-33(52)26(39)18-24-12-7-5-8-13-24/h5-10,12-15,21-23,26-30,49H,11,16-20,39H2,1-4H3,(H,43,50)(H,44,54)(H,45,55)(H,46,52)(H,47,53)(H,48,51)(H,56,57)(H4,40,41,42)/t22-,23-,26-,27-,28-,29-,30-/m0/s1. The number of carboxylic acid groups (broad SMARTS) is 1. The lowest BCUT2D eigenvalue weighted by molar-refractivity contribution is -0.143. The first-order chi connectivity index (χ1) is 26.9. The van der Waals surface area contributed by atoms with Crippen LogP contribution in [0.2, 0.25) is 0 Å². The summed E-state index contributed by atoms with van der Waals surface area (Å²) in [4.78, 5) is 94.7. The summed E-state index contributed by atoms with van der Waals surface area (Å²) in [5, 5.41) is 33.6. The molecule has 0 spiro atoms. The van der Waals surface area contributed by atoms with Gasteiger partial charge in [-0.15, -0.1) is 0 Å². The van der Waals surface area contributed by atoms with Gasteiger partial charge in [-0.25, -0.2) is 4.79 Å². The van der Waals surface area contributed by atoms with Crippen molar-refractivity contribution >= 4 is 47.4 Å². The molecule has 0 aliphatic rings. The molecule has 0 bridgehead atoms. The van der Waals surface area contributed by atoms with Crippen molar-refractivity contribution < 1.29 is 43.8 Å². The van der Waals surface area contributed by atoms with Crippen LogP contribution in [0.4, 0.5) is 0 Å². The smallest absolute Gasteiger partial charge is 0.328 e. The lowest BCUT2D eigenvalue weighted by atomic mass is 10.0. The fraction of sp³-hybridized carbons (Fsp3) is 0.474. The third kappa shape index (κ3) is 16.7. The van der Waals surface area contributed by atoms with Gasteiger partial charge in [-0.05, 0) is 50.2 Å². The third-order valence-electron chi connectivity index (χ3n) is 8.68. The Bertz CT molecular complexity index is 1690. The molecule has 0 aliphatic carbocycles. The fourth-order valence-electron chi connectivity index (χ4n) is 5.39. The van der Waals surface area contributed by atoms with Crippen LogP contribution in [-0.4, -0.2) is 113 Å². The molecule has 0 saturated heterocycles. The second-order valence-corrected chi connectivity index (χ2v) is 13.8. The lowest BCUT2D eigenvalue weighted by Gasteiger charge is -2.27. The Morgan fingerprint density at radius 1 is 0.614 bits per heavy atom. The van der Waals surface area contributed by atoms with Gasteiger partial charge in [-0.2, -0.15) is 0 Å². The van der Waals surface area contributed by atoms with E-state index in [-0.39, 0.29) is 38.2 Å². The monoisotopic (exact) mass is 796 g/mol. The van der Waals surface area contributed by atoms with Crippen LogP contribution in [0.3, 0.4) is 0 Å². The zero-order valence-electron chi connectivity index (χ0n) is 32.6. The van der Waals surface area contributed by atoms with Crippen molar-refractivity contribution in [2.45, 2.75) is 95.7 Å². The van der Waals surface area contributed by atoms with Gasteiger partial charge >= 0.3 is 5.97 Å². The highest BCUT2D eigenvalue weighted by Crippen LogP contribution is 2.09. The van der Waals surface area contributed by atoms with Gasteiger partial charge in [0.15, 0.2) is 5.96 Å². The van der Waals surface area contributed by atoms with E-state index < -0.39 is 96.2 Å². The van der Waals surface area contributed by atoms with Gasteiger partial charge in [-0.3, -0.25) is 33.8 Å². The molecule has 0 radical (unpaired) electrons. The van der Waals surface area contributed by atoms with Gasteiger partial charge in [-0.1, -0.05) is 74.5 Å². The molecule has 0 aromatic heterocycles. The molecule has 0 heterocycles. The topological polar surface area (TPSA) is 323 Å². The lowest BCUT2D eigenvalue weighted by Crippen LogP contribution is -2.60. The number of guanidine groups is 1. The van der Waals surface area contributed by atoms with E-state index in [9.17, 15) is 43.8 Å². The number of aliphatic hydroxyl groups excluding tert-OH is 1. The molecule has 0 fully saturated rings. The number of nitrogens with zero attached hydrogens (tertiary/aromatic N) is 1. The van der Waals surface area contributed by atoms with Crippen molar-refractivity contribution in [3.63, 3.8) is 0 Å². The number of benzene rings is 2. The summed E-state index contributed by atoms with van der Waals surface area (Å²) in [6.45, 7) is 5.21. The highest BCUT2D eigenvalue weighted by atomic mass is 16.4. The highest BCUT2D eigenvalue weighted by molar-refractivity contribution is 5.97. The molecule has 0 unspecified atom stereocenters. The molecular weight excluding hydrogens is 740 g/mol. The average Bonchev–Trinajstić information content (AvgIpc) is 3.16. The minimum atomic E-state index is -1.64. The van der Waals surface area contributed by atoms with E-state index in [1.54, 1.807) is 44.2 Å². The molecule has 2 aromatic carbocycles. The predicted octanol–water partition coefficient (Wildman–Crippen LogP) is -2.47. The quantitative estimate of drug-likeness (QED) is 0.0317. The summed E-state index contributed by atoms with van der Waals surface area (Å²) < 4.78 is 0. The van der Waals surface area contributed by atoms with Crippen LogP contribution in [0, 0.1) is 5.92 Å². The Morgan fingerprint density at radius 3 is 1.60 bits per heavy atom. The zero-order valence-corrected chi connectivity index (χ0v) is 32.6. The summed E-state index contributed by atoms with van der Waals surface area (Å²) >= 11 is 0. The molecule has 0 saturated carbocycles. The summed E-state index contributed by atoms with van der Waals surface area (Å²) in [6, 6.07) is 9.51. The molecular formula is C38H56N10O9. The molecule has 312 valence electrons. The number of rotatable bonds is 23. The molecule has 57 heavy (non-hydrogen) atoms. The Balaban J connectivity index is 2.09. The van der Waals surface area contributed by atoms with E-state index in [4.69, 9.17) is 17.2 Å². The van der Waals surface area contributed by atoms with Gasteiger partial charge in [0, 0.05) is 13.0 Å². The summed E-state index contributed by atoms with van der Waals surface area (Å²) in [5.74, 6) is -6.63. The minimum absolute atomic E-state index is 0.0304. The first kappa shape index (κ1) is 47.1. The summed E-state index contributed by atoms with van der Waals surface area (Å²) in [7, 11) is 0. The second-order valence-electron chi connectivity index (χ2n) is 13.8. The fourth-order valence-corrected chi connectivity index (χ4v) is 5.39. The maximum Gasteiger partial charge on any atom is 0.328 e. The number of hydrogen-bond donors (Lipinski definition) is 11. The number of nitrogens with one attached hydrogen (secondary N) is 6. The number of nitrogens with two attached hydrogens (primary N) is 3. The van der Waals surface area contributed by atoms with Crippen LogP contribution in [0.25, 0.3) is 0 Å². The number of aliphatic carboxylic acids is 1. The molecule has 2 aromatic rings. The zero-order chi connectivity index (χ0) is 42.7. The van der Waals surface area contributed by atoms with Crippen LogP contribution in [-0.2, 0) is 46.4 Å². The van der Waals surface area contributed by atoms with Crippen molar-refractivity contribution in [2.75, 3.05) is 13.2 Å². The van der Waals surface area contributed by atoms with Gasteiger partial charge in [0.25, 0.3) is 0 Å². The number of carbonyl (C=O) groups excluding carboxylic acids is 6. The van der Waals surface area contributed by atoms with Crippen LogP contribution in [0.1, 0.15) is 51.7 Å².